The quantitative estimate of drug-likeness (QED) is 0.802. The van der Waals surface area contributed by atoms with Crippen LogP contribution in [0.4, 0.5) is 0 Å². The lowest BCUT2D eigenvalue weighted by Crippen LogP contribution is -2.50. The maximum atomic E-state index is 12.2. The van der Waals surface area contributed by atoms with Gasteiger partial charge in [0.05, 0.1) is 12.0 Å². The Bertz CT molecular complexity index is 421. The lowest BCUT2D eigenvalue weighted by atomic mass is 9.94. The molecule has 1 aliphatic heterocycles. The summed E-state index contributed by atoms with van der Waals surface area (Å²) in [5, 5.41) is 17.1. The molecule has 2 rings (SSSR count). The number of carbonyl (C=O) groups excluding carboxylic acids is 1. The van der Waals surface area contributed by atoms with Crippen molar-refractivity contribution in [1.29, 1.82) is 0 Å². The van der Waals surface area contributed by atoms with E-state index in [2.05, 4.69) is 15.3 Å². The fourth-order valence-corrected chi connectivity index (χ4v) is 2.54. The monoisotopic (exact) mass is 280 g/mol. The van der Waals surface area contributed by atoms with Gasteiger partial charge in [-0.15, -0.1) is 0 Å². The SMILES string of the molecule is CC(CCn1cccn1)NC(=O)[C@H]1CN(C)CC[C@@H]1O. The Labute approximate surface area is 119 Å². The summed E-state index contributed by atoms with van der Waals surface area (Å²) in [6, 6.07) is 1.96. The highest BCUT2D eigenvalue weighted by Gasteiger charge is 2.32. The number of nitrogens with zero attached hydrogens (tertiary/aromatic N) is 3. The molecule has 1 fully saturated rings. The van der Waals surface area contributed by atoms with E-state index in [4.69, 9.17) is 0 Å². The standard InChI is InChI=1S/C14H24N4O2/c1-11(4-9-18-7-3-6-15-18)16-14(20)12-10-17(2)8-5-13(12)19/h3,6-7,11-13,19H,4-5,8-10H2,1-2H3,(H,16,20)/t11?,12-,13-/m0/s1. The first kappa shape index (κ1) is 15.0. The van der Waals surface area contributed by atoms with E-state index in [-0.39, 0.29) is 17.9 Å². The molecule has 1 aromatic heterocycles. The minimum Gasteiger partial charge on any atom is -0.392 e. The Morgan fingerprint density at radius 3 is 3.10 bits per heavy atom. The summed E-state index contributed by atoms with van der Waals surface area (Å²) in [6.45, 7) is 4.24. The van der Waals surface area contributed by atoms with Crippen molar-refractivity contribution in [2.24, 2.45) is 5.92 Å². The van der Waals surface area contributed by atoms with Gasteiger partial charge in [-0.2, -0.15) is 5.10 Å². The van der Waals surface area contributed by atoms with Crippen LogP contribution in [0.5, 0.6) is 0 Å². The van der Waals surface area contributed by atoms with E-state index in [0.717, 1.165) is 19.5 Å². The molecule has 0 bridgehead atoms. The molecule has 0 aliphatic carbocycles. The molecule has 3 atom stereocenters. The molecule has 0 aromatic carbocycles. The van der Waals surface area contributed by atoms with Crippen molar-refractivity contribution in [2.75, 3.05) is 20.1 Å². The molecule has 0 spiro atoms. The van der Waals surface area contributed by atoms with Crippen molar-refractivity contribution in [3.63, 3.8) is 0 Å². The number of carbonyl (C=O) groups is 1. The molecule has 1 saturated heterocycles. The van der Waals surface area contributed by atoms with Crippen LogP contribution in [-0.2, 0) is 11.3 Å². The second kappa shape index (κ2) is 6.85. The zero-order chi connectivity index (χ0) is 14.5. The van der Waals surface area contributed by atoms with Gasteiger partial charge in [-0.1, -0.05) is 0 Å². The first-order valence-corrected chi connectivity index (χ1v) is 7.20. The number of likely N-dealkylation sites (tertiary alicyclic amines) is 1. The Balaban J connectivity index is 1.77. The number of aryl methyl sites for hydroxylation is 1. The molecule has 6 heteroatoms. The predicted octanol–water partition coefficient (Wildman–Crippen LogP) is 0.0905. The van der Waals surface area contributed by atoms with Crippen LogP contribution in [0.25, 0.3) is 0 Å². The van der Waals surface area contributed by atoms with Crippen LogP contribution in [0, 0.1) is 5.92 Å². The molecule has 6 nitrogen and oxygen atoms in total. The third-order valence-electron chi connectivity index (χ3n) is 3.86. The normalized spacial score (nSPS) is 25.4. The fourth-order valence-electron chi connectivity index (χ4n) is 2.54. The summed E-state index contributed by atoms with van der Waals surface area (Å²) >= 11 is 0. The Kier molecular flexibility index (Phi) is 5.14. The van der Waals surface area contributed by atoms with Crippen molar-refractivity contribution < 1.29 is 9.90 Å². The molecule has 20 heavy (non-hydrogen) atoms. The molecule has 2 N–H and O–H groups in total. The predicted molar refractivity (Wildman–Crippen MR) is 76.1 cm³/mol. The van der Waals surface area contributed by atoms with Crippen LogP contribution in [-0.4, -0.2) is 58.0 Å². The van der Waals surface area contributed by atoms with Crippen LogP contribution in [0.1, 0.15) is 19.8 Å². The number of hydrogen-bond donors (Lipinski definition) is 2. The number of piperidine rings is 1. The van der Waals surface area contributed by atoms with Gasteiger partial charge in [0, 0.05) is 38.1 Å². The van der Waals surface area contributed by atoms with Gasteiger partial charge in [0.25, 0.3) is 0 Å². The number of hydrogen-bond acceptors (Lipinski definition) is 4. The molecule has 112 valence electrons. The molecule has 1 aromatic rings. The van der Waals surface area contributed by atoms with E-state index >= 15 is 0 Å². The summed E-state index contributed by atoms with van der Waals surface area (Å²) in [6.07, 6.45) is 4.62. The van der Waals surface area contributed by atoms with Gasteiger partial charge in [0.2, 0.25) is 5.91 Å². The third kappa shape index (κ3) is 4.05. The molecule has 1 aliphatic rings. The Hall–Kier alpha value is -1.40. The highest BCUT2D eigenvalue weighted by atomic mass is 16.3. The van der Waals surface area contributed by atoms with E-state index in [1.165, 1.54) is 0 Å². The smallest absolute Gasteiger partial charge is 0.227 e. The number of aliphatic hydroxyl groups excluding tert-OH is 1. The second-order valence-corrected chi connectivity index (χ2v) is 5.69. The van der Waals surface area contributed by atoms with Crippen molar-refractivity contribution in [3.8, 4) is 0 Å². The van der Waals surface area contributed by atoms with E-state index in [1.54, 1.807) is 6.20 Å². The molecule has 0 radical (unpaired) electrons. The largest absolute Gasteiger partial charge is 0.392 e. The lowest BCUT2D eigenvalue weighted by molar-refractivity contribution is -0.131. The second-order valence-electron chi connectivity index (χ2n) is 5.69. The molecule has 1 amide bonds. The minimum absolute atomic E-state index is 0.0444. The van der Waals surface area contributed by atoms with Crippen LogP contribution in [0.3, 0.4) is 0 Å². The lowest BCUT2D eigenvalue weighted by Gasteiger charge is -2.33. The van der Waals surface area contributed by atoms with Crippen LogP contribution >= 0.6 is 0 Å². The van der Waals surface area contributed by atoms with E-state index in [0.29, 0.717) is 13.0 Å². The van der Waals surface area contributed by atoms with Gasteiger partial charge in [0.15, 0.2) is 0 Å². The number of aromatic nitrogens is 2. The summed E-state index contributed by atoms with van der Waals surface area (Å²) in [5.41, 5.74) is 0. The molecule has 1 unspecified atom stereocenters. The molecule has 0 saturated carbocycles. The maximum absolute atomic E-state index is 12.2. The van der Waals surface area contributed by atoms with Gasteiger partial charge >= 0.3 is 0 Å². The van der Waals surface area contributed by atoms with Crippen LogP contribution < -0.4 is 5.32 Å². The number of amides is 1. The first-order chi connectivity index (χ1) is 9.56. The van der Waals surface area contributed by atoms with Crippen molar-refractivity contribution >= 4 is 5.91 Å². The molecular weight excluding hydrogens is 256 g/mol. The van der Waals surface area contributed by atoms with Gasteiger partial charge in [-0.05, 0) is 32.9 Å². The van der Waals surface area contributed by atoms with E-state index in [9.17, 15) is 9.90 Å². The first-order valence-electron chi connectivity index (χ1n) is 7.20. The third-order valence-corrected chi connectivity index (χ3v) is 3.86. The number of rotatable bonds is 5. The van der Waals surface area contributed by atoms with Crippen LogP contribution in [0.15, 0.2) is 18.5 Å². The maximum Gasteiger partial charge on any atom is 0.227 e. The van der Waals surface area contributed by atoms with E-state index < -0.39 is 6.10 Å². The Morgan fingerprint density at radius 2 is 2.40 bits per heavy atom. The van der Waals surface area contributed by atoms with Crippen molar-refractivity contribution in [3.05, 3.63) is 18.5 Å². The molecular formula is C14H24N4O2. The van der Waals surface area contributed by atoms with Crippen molar-refractivity contribution in [1.82, 2.24) is 20.0 Å². The number of aliphatic hydroxyl groups is 1. The summed E-state index contributed by atoms with van der Waals surface area (Å²) in [5.74, 6) is -0.363. The van der Waals surface area contributed by atoms with Crippen LogP contribution in [0.2, 0.25) is 0 Å². The highest BCUT2D eigenvalue weighted by Crippen LogP contribution is 2.16. The van der Waals surface area contributed by atoms with E-state index in [1.807, 2.05) is 30.9 Å². The molecule has 2 heterocycles. The van der Waals surface area contributed by atoms with Gasteiger partial charge in [-0.3, -0.25) is 9.48 Å². The summed E-state index contributed by atoms with van der Waals surface area (Å²) in [7, 11) is 1.98. The Morgan fingerprint density at radius 1 is 1.60 bits per heavy atom. The fraction of sp³-hybridized carbons (Fsp3) is 0.714. The zero-order valence-corrected chi connectivity index (χ0v) is 12.2. The highest BCUT2D eigenvalue weighted by molar-refractivity contribution is 5.79. The van der Waals surface area contributed by atoms with Gasteiger partial charge in [0.1, 0.15) is 0 Å². The van der Waals surface area contributed by atoms with Crippen molar-refractivity contribution in [2.45, 2.75) is 38.5 Å². The van der Waals surface area contributed by atoms with Gasteiger partial charge in [-0.25, -0.2) is 0 Å². The average Bonchev–Trinajstić information content (AvgIpc) is 2.92. The van der Waals surface area contributed by atoms with Gasteiger partial charge < -0.3 is 15.3 Å². The zero-order valence-electron chi connectivity index (χ0n) is 12.2. The topological polar surface area (TPSA) is 70.4 Å². The summed E-state index contributed by atoms with van der Waals surface area (Å²) < 4.78 is 1.85. The summed E-state index contributed by atoms with van der Waals surface area (Å²) in [4.78, 5) is 14.3. The number of nitrogens with one attached hydrogen (secondary N) is 1. The minimum atomic E-state index is -0.524. The average molecular weight is 280 g/mol.